The van der Waals surface area contributed by atoms with E-state index in [0.29, 0.717) is 22.8 Å². The number of anilines is 2. The number of hydrogen-bond donors (Lipinski definition) is 2. The van der Waals surface area contributed by atoms with Crippen molar-refractivity contribution >= 4 is 128 Å². The molecular formula is C38H33Cl7N4O4S. The topological polar surface area (TPSA) is 100 Å². The quantitative estimate of drug-likeness (QED) is 0.115. The van der Waals surface area contributed by atoms with Crippen molar-refractivity contribution in [1.29, 1.82) is 0 Å². The van der Waals surface area contributed by atoms with Gasteiger partial charge in [-0.2, -0.15) is 5.01 Å². The third-order valence-electron chi connectivity index (χ3n) is 8.88. The van der Waals surface area contributed by atoms with Gasteiger partial charge in [0, 0.05) is 4.90 Å². The highest BCUT2D eigenvalue weighted by Crippen LogP contribution is 2.50. The fourth-order valence-electron chi connectivity index (χ4n) is 5.36. The molecular weight excluding hydrogens is 857 g/mol. The average molecular weight is 890 g/mol. The van der Waals surface area contributed by atoms with Crippen LogP contribution in [-0.4, -0.2) is 34.9 Å². The van der Waals surface area contributed by atoms with Crippen LogP contribution in [0.2, 0.25) is 35.2 Å². The number of hydrazone groups is 1. The average Bonchev–Trinajstić information content (AvgIpc) is 3.42. The van der Waals surface area contributed by atoms with Crippen LogP contribution in [0.4, 0.5) is 11.4 Å². The first-order valence-corrected chi connectivity index (χ1v) is 20.1. The van der Waals surface area contributed by atoms with Crippen molar-refractivity contribution in [3.05, 3.63) is 113 Å². The number of carbonyl (C=O) groups is 3. The van der Waals surface area contributed by atoms with Crippen molar-refractivity contribution in [2.45, 2.75) is 69.1 Å². The number of nitrogens with one attached hydrogen (secondary N) is 2. The lowest BCUT2D eigenvalue weighted by Crippen LogP contribution is -2.39. The Labute approximate surface area is 352 Å². The molecule has 0 aromatic heterocycles. The van der Waals surface area contributed by atoms with Gasteiger partial charge >= 0.3 is 0 Å². The number of amides is 3. The third-order valence-corrected chi connectivity index (χ3v) is 13.0. The molecule has 2 N–H and O–H groups in total. The SMILES string of the molecule is CCC(Oc1ccc(C(C)(C)CC)cc1C)C(=O)Nc1ccccc1SC1C(=O)N(c2c(Cl)c(Cl)c(Cl)c(Cl)c2Cl)N=C1NC(=O)c1c(Cl)cccc1Cl. The minimum atomic E-state index is -1.22. The highest BCUT2D eigenvalue weighted by atomic mass is 35.5. The summed E-state index contributed by atoms with van der Waals surface area (Å²) in [6.45, 7) is 10.3. The molecule has 2 unspecified atom stereocenters. The molecule has 1 aliphatic rings. The second kappa shape index (κ2) is 17.5. The van der Waals surface area contributed by atoms with Crippen LogP contribution in [0.3, 0.4) is 0 Å². The van der Waals surface area contributed by atoms with Crippen LogP contribution < -0.4 is 20.4 Å². The lowest BCUT2D eigenvalue weighted by atomic mass is 9.81. The molecule has 54 heavy (non-hydrogen) atoms. The maximum atomic E-state index is 14.3. The summed E-state index contributed by atoms with van der Waals surface area (Å²) in [6, 6.07) is 17.4. The number of rotatable bonds is 11. The van der Waals surface area contributed by atoms with Gasteiger partial charge in [-0.1, -0.05) is 139 Å². The lowest BCUT2D eigenvalue weighted by molar-refractivity contribution is -0.122. The second-order valence-electron chi connectivity index (χ2n) is 12.8. The van der Waals surface area contributed by atoms with E-state index in [0.717, 1.165) is 28.8 Å². The molecule has 1 heterocycles. The third kappa shape index (κ3) is 8.74. The number of hydrogen-bond acceptors (Lipinski definition) is 6. The molecule has 0 spiro atoms. The van der Waals surface area contributed by atoms with E-state index in [9.17, 15) is 14.4 Å². The Morgan fingerprint density at radius 2 is 1.48 bits per heavy atom. The van der Waals surface area contributed by atoms with Crippen molar-refractivity contribution in [2.75, 3.05) is 10.3 Å². The zero-order valence-electron chi connectivity index (χ0n) is 29.4. The predicted octanol–water partition coefficient (Wildman–Crippen LogP) is 12.3. The molecule has 0 radical (unpaired) electrons. The summed E-state index contributed by atoms with van der Waals surface area (Å²) < 4.78 is 6.23. The summed E-state index contributed by atoms with van der Waals surface area (Å²) in [6.07, 6.45) is 0.505. The van der Waals surface area contributed by atoms with Crippen LogP contribution in [-0.2, 0) is 15.0 Å². The molecule has 8 nitrogen and oxygen atoms in total. The van der Waals surface area contributed by atoms with E-state index in [1.807, 2.05) is 26.0 Å². The van der Waals surface area contributed by atoms with E-state index < -0.39 is 29.1 Å². The highest BCUT2D eigenvalue weighted by Gasteiger charge is 2.42. The fraction of sp³-hybridized carbons (Fsp3) is 0.263. The molecule has 4 aromatic rings. The van der Waals surface area contributed by atoms with E-state index in [2.05, 4.69) is 42.6 Å². The summed E-state index contributed by atoms with van der Waals surface area (Å²) in [7, 11) is 0. The van der Waals surface area contributed by atoms with E-state index in [1.54, 1.807) is 30.3 Å². The van der Waals surface area contributed by atoms with Gasteiger partial charge in [-0.25, -0.2) is 0 Å². The number of nitrogens with zero attached hydrogens (tertiary/aromatic N) is 2. The summed E-state index contributed by atoms with van der Waals surface area (Å²) >= 11 is 45.6. The minimum Gasteiger partial charge on any atom is -0.480 e. The van der Waals surface area contributed by atoms with Gasteiger partial charge in [-0.3, -0.25) is 14.4 Å². The van der Waals surface area contributed by atoms with Crippen molar-refractivity contribution in [3.63, 3.8) is 0 Å². The zero-order chi connectivity index (χ0) is 39.6. The standard InChI is InChI=1S/C38H33Cl7N4O4S/c1-6-23(53-24-16-15-19(17-18(24)3)38(4,5)7-2)35(50)46-22-13-8-9-14-25(22)54-33-34(47-36(51)26-20(39)11-10-12-21(26)40)48-49(37(33)52)32-30(44)28(42)27(41)29(43)31(32)45/h8-17,23,33H,6-7H2,1-5H3,(H,46,50)(H,47,48,51). The molecule has 1 aliphatic heterocycles. The van der Waals surface area contributed by atoms with E-state index in [-0.39, 0.29) is 57.7 Å². The van der Waals surface area contributed by atoms with Gasteiger partial charge in [-0.15, -0.1) is 16.9 Å². The Morgan fingerprint density at radius 1 is 0.870 bits per heavy atom. The Hall–Kier alpha value is -2.86. The minimum absolute atomic E-state index is 0.00755. The molecule has 16 heteroatoms. The first kappa shape index (κ1) is 42.3. The molecule has 5 rings (SSSR count). The van der Waals surface area contributed by atoms with Gasteiger partial charge in [0.25, 0.3) is 17.7 Å². The van der Waals surface area contributed by atoms with Crippen LogP contribution in [0.25, 0.3) is 0 Å². The van der Waals surface area contributed by atoms with Gasteiger partial charge in [0.05, 0.1) is 46.4 Å². The first-order chi connectivity index (χ1) is 25.5. The maximum Gasteiger partial charge on any atom is 0.268 e. The number of ether oxygens (including phenoxy) is 1. The lowest BCUT2D eigenvalue weighted by Gasteiger charge is -2.25. The first-order valence-electron chi connectivity index (χ1n) is 16.5. The number of aryl methyl sites for hydroxylation is 1. The Bertz CT molecular complexity index is 2130. The molecule has 0 bridgehead atoms. The van der Waals surface area contributed by atoms with Crippen LogP contribution in [0.1, 0.15) is 62.0 Å². The van der Waals surface area contributed by atoms with Crippen molar-refractivity contribution < 1.29 is 19.1 Å². The van der Waals surface area contributed by atoms with Crippen LogP contribution in [0, 0.1) is 6.92 Å². The monoisotopic (exact) mass is 886 g/mol. The maximum absolute atomic E-state index is 14.3. The van der Waals surface area contributed by atoms with E-state index in [4.69, 9.17) is 85.9 Å². The summed E-state index contributed by atoms with van der Waals surface area (Å²) in [5.41, 5.74) is 2.27. The molecule has 0 saturated heterocycles. The molecule has 0 aliphatic carbocycles. The van der Waals surface area contributed by atoms with Crippen LogP contribution >= 0.6 is 93.0 Å². The fourth-order valence-corrected chi connectivity index (χ4v) is 8.30. The summed E-state index contributed by atoms with van der Waals surface area (Å²) in [5, 5.41) is 9.01. The Kier molecular flexibility index (Phi) is 13.7. The van der Waals surface area contributed by atoms with Crippen LogP contribution in [0.5, 0.6) is 5.75 Å². The van der Waals surface area contributed by atoms with Gasteiger partial charge in [0.2, 0.25) is 0 Å². The van der Waals surface area contributed by atoms with Gasteiger partial charge in [0.1, 0.15) is 11.4 Å². The molecule has 284 valence electrons. The molecule has 4 aromatic carbocycles. The zero-order valence-corrected chi connectivity index (χ0v) is 35.5. The van der Waals surface area contributed by atoms with E-state index >= 15 is 0 Å². The summed E-state index contributed by atoms with van der Waals surface area (Å²) in [4.78, 5) is 42.0. The number of para-hydroxylation sites is 1. The van der Waals surface area contributed by atoms with Gasteiger partial charge < -0.3 is 15.4 Å². The van der Waals surface area contributed by atoms with Crippen LogP contribution in [0.15, 0.2) is 70.7 Å². The summed E-state index contributed by atoms with van der Waals surface area (Å²) in [5.74, 6) is -1.34. The number of carbonyl (C=O) groups excluding carboxylic acids is 3. The molecule has 3 amide bonds. The van der Waals surface area contributed by atoms with Crippen molar-refractivity contribution in [3.8, 4) is 5.75 Å². The van der Waals surface area contributed by atoms with Crippen molar-refractivity contribution in [2.24, 2.45) is 5.10 Å². The largest absolute Gasteiger partial charge is 0.480 e. The molecule has 0 saturated carbocycles. The number of amidine groups is 1. The Morgan fingerprint density at radius 3 is 2.07 bits per heavy atom. The van der Waals surface area contributed by atoms with Crippen molar-refractivity contribution in [1.82, 2.24) is 5.32 Å². The number of halogens is 7. The van der Waals surface area contributed by atoms with E-state index in [1.165, 1.54) is 17.7 Å². The number of thioether (sulfide) groups is 1. The predicted molar refractivity (Wildman–Crippen MR) is 224 cm³/mol. The van der Waals surface area contributed by atoms with Gasteiger partial charge in [-0.05, 0) is 66.6 Å². The highest BCUT2D eigenvalue weighted by molar-refractivity contribution is 8.01. The molecule has 0 fully saturated rings. The normalized spacial score (nSPS) is 14.9. The smallest absolute Gasteiger partial charge is 0.268 e. The Balaban J connectivity index is 1.46. The second-order valence-corrected chi connectivity index (χ2v) is 16.7. The van der Waals surface area contributed by atoms with Gasteiger partial charge in [0.15, 0.2) is 17.2 Å². The molecule has 2 atom stereocenters. The number of benzene rings is 4.